The van der Waals surface area contributed by atoms with Crippen LogP contribution in [0.5, 0.6) is 0 Å². The van der Waals surface area contributed by atoms with E-state index in [2.05, 4.69) is 55.0 Å². The Kier molecular flexibility index (Phi) is 4.98. The molecular formula is C30H50O. The molecule has 5 rings (SSSR count). The second-order valence-corrected chi connectivity index (χ2v) is 14.5. The third-order valence-electron chi connectivity index (χ3n) is 13.4. The van der Waals surface area contributed by atoms with Crippen LogP contribution in [0.3, 0.4) is 0 Å². The van der Waals surface area contributed by atoms with Crippen molar-refractivity contribution < 1.29 is 5.11 Å². The fourth-order valence-electron chi connectivity index (χ4n) is 11.4. The van der Waals surface area contributed by atoms with Gasteiger partial charge in [-0.05, 0) is 121 Å². The molecule has 0 heterocycles. The van der Waals surface area contributed by atoms with Gasteiger partial charge in [0.05, 0.1) is 6.10 Å². The van der Waals surface area contributed by atoms with Crippen LogP contribution in [0.25, 0.3) is 0 Å². The zero-order valence-electron chi connectivity index (χ0n) is 21.6. The maximum Gasteiger partial charge on any atom is 0.0594 e. The molecule has 0 aromatic carbocycles. The third kappa shape index (κ3) is 2.71. The Labute approximate surface area is 192 Å². The number of aliphatic hydroxyl groups excluding tert-OH is 1. The Bertz CT molecular complexity index is 752. The van der Waals surface area contributed by atoms with Gasteiger partial charge >= 0.3 is 0 Å². The first kappa shape index (κ1) is 22.5. The molecule has 1 heteroatoms. The fourth-order valence-corrected chi connectivity index (χ4v) is 11.4. The summed E-state index contributed by atoms with van der Waals surface area (Å²) in [4.78, 5) is 0. The smallest absolute Gasteiger partial charge is 0.0594 e. The zero-order valence-corrected chi connectivity index (χ0v) is 21.6. The van der Waals surface area contributed by atoms with Gasteiger partial charge in [-0.3, -0.25) is 0 Å². The summed E-state index contributed by atoms with van der Waals surface area (Å²) >= 11 is 0. The van der Waals surface area contributed by atoms with Crippen LogP contribution in [-0.4, -0.2) is 11.2 Å². The first-order valence-electron chi connectivity index (χ1n) is 13.7. The fraction of sp³-hybridized carbons (Fsp3) is 0.933. The summed E-state index contributed by atoms with van der Waals surface area (Å²) < 4.78 is 0. The summed E-state index contributed by atoms with van der Waals surface area (Å²) in [5.74, 6) is 5.70. The maximum atomic E-state index is 10.9. The summed E-state index contributed by atoms with van der Waals surface area (Å²) in [6.07, 6.45) is 11.8. The SMILES string of the molecule is C=C1CC(C)C2CCC3(C)C(CCC4C5(C)CCC(O)C(C)(C)C5CCC43C)C2C1C. The van der Waals surface area contributed by atoms with E-state index in [4.69, 9.17) is 0 Å². The molecule has 5 fully saturated rings. The zero-order chi connectivity index (χ0) is 22.6. The highest BCUT2D eigenvalue weighted by Crippen LogP contribution is 2.75. The highest BCUT2D eigenvalue weighted by Gasteiger charge is 2.68. The van der Waals surface area contributed by atoms with Crippen LogP contribution < -0.4 is 0 Å². The van der Waals surface area contributed by atoms with Crippen LogP contribution in [0, 0.1) is 63.1 Å². The molecule has 1 nitrogen and oxygen atoms in total. The van der Waals surface area contributed by atoms with E-state index in [1.165, 1.54) is 51.4 Å². The van der Waals surface area contributed by atoms with Crippen molar-refractivity contribution >= 4 is 0 Å². The number of rotatable bonds is 0. The van der Waals surface area contributed by atoms with Crippen LogP contribution in [0.15, 0.2) is 12.2 Å². The van der Waals surface area contributed by atoms with Gasteiger partial charge in [-0.2, -0.15) is 0 Å². The van der Waals surface area contributed by atoms with Crippen LogP contribution in [-0.2, 0) is 0 Å². The maximum absolute atomic E-state index is 10.9. The van der Waals surface area contributed by atoms with E-state index < -0.39 is 0 Å². The summed E-state index contributed by atoms with van der Waals surface area (Å²) in [5.41, 5.74) is 2.93. The minimum atomic E-state index is -0.118. The van der Waals surface area contributed by atoms with E-state index in [1.54, 1.807) is 5.57 Å². The lowest BCUT2D eigenvalue weighted by Gasteiger charge is -2.73. The van der Waals surface area contributed by atoms with Crippen molar-refractivity contribution in [2.45, 2.75) is 112 Å². The van der Waals surface area contributed by atoms with Crippen molar-refractivity contribution in [1.82, 2.24) is 0 Å². The molecule has 0 amide bonds. The average Bonchev–Trinajstić information content (AvgIpc) is 2.69. The van der Waals surface area contributed by atoms with E-state index in [0.717, 1.165) is 36.0 Å². The van der Waals surface area contributed by atoms with Gasteiger partial charge in [-0.15, -0.1) is 0 Å². The second-order valence-electron chi connectivity index (χ2n) is 14.5. The summed E-state index contributed by atoms with van der Waals surface area (Å²) in [5, 5.41) is 10.9. The minimum Gasteiger partial charge on any atom is -0.393 e. The minimum absolute atomic E-state index is 0.0643. The molecule has 1 N–H and O–H groups in total. The summed E-state index contributed by atoms with van der Waals surface area (Å²) in [6, 6.07) is 0. The Hall–Kier alpha value is -0.300. The molecule has 0 aliphatic heterocycles. The first-order valence-corrected chi connectivity index (χ1v) is 13.7. The molecular weight excluding hydrogens is 376 g/mol. The largest absolute Gasteiger partial charge is 0.393 e. The molecule has 0 spiro atoms. The first-order chi connectivity index (χ1) is 14.4. The molecule has 0 aromatic rings. The van der Waals surface area contributed by atoms with Crippen LogP contribution in [0.1, 0.15) is 106 Å². The molecule has 0 radical (unpaired) electrons. The quantitative estimate of drug-likeness (QED) is 0.390. The Morgan fingerprint density at radius 2 is 1.48 bits per heavy atom. The number of allylic oxidation sites excluding steroid dienone is 1. The lowest BCUT2D eigenvalue weighted by molar-refractivity contribution is -0.246. The van der Waals surface area contributed by atoms with Crippen LogP contribution in [0.4, 0.5) is 0 Å². The molecule has 5 aliphatic carbocycles. The van der Waals surface area contributed by atoms with Crippen molar-refractivity contribution in [3.63, 3.8) is 0 Å². The lowest BCUT2D eigenvalue weighted by Crippen LogP contribution is -2.66. The number of hydrogen-bond acceptors (Lipinski definition) is 1. The van der Waals surface area contributed by atoms with Crippen molar-refractivity contribution in [3.05, 3.63) is 12.2 Å². The molecule has 5 saturated carbocycles. The predicted octanol–water partition coefficient (Wildman–Crippen LogP) is 7.88. The van der Waals surface area contributed by atoms with Gasteiger partial charge in [-0.25, -0.2) is 0 Å². The molecule has 11 unspecified atom stereocenters. The highest BCUT2D eigenvalue weighted by atomic mass is 16.3. The lowest BCUT2D eigenvalue weighted by atomic mass is 9.32. The number of hydrogen-bond donors (Lipinski definition) is 1. The summed E-state index contributed by atoms with van der Waals surface area (Å²) in [7, 11) is 0. The van der Waals surface area contributed by atoms with Gasteiger partial charge in [-0.1, -0.05) is 60.6 Å². The van der Waals surface area contributed by atoms with Crippen molar-refractivity contribution in [2.75, 3.05) is 0 Å². The standard InChI is InChI=1S/C30H50O/c1-18-17-19(2)21-11-15-29(7)22(26(21)20(18)3)9-10-24-28(6)14-13-25(31)27(4,5)23(28)12-16-30(24,29)8/h19-26,31H,1,9-17H2,2-8H3. The topological polar surface area (TPSA) is 20.2 Å². The van der Waals surface area contributed by atoms with Gasteiger partial charge in [0.1, 0.15) is 0 Å². The van der Waals surface area contributed by atoms with Crippen molar-refractivity contribution in [3.8, 4) is 0 Å². The summed E-state index contributed by atoms with van der Waals surface area (Å²) in [6.45, 7) is 22.5. The number of aliphatic hydroxyl groups is 1. The monoisotopic (exact) mass is 426 g/mol. The van der Waals surface area contributed by atoms with E-state index in [-0.39, 0.29) is 11.5 Å². The molecule has 0 aromatic heterocycles. The predicted molar refractivity (Wildman–Crippen MR) is 131 cm³/mol. The average molecular weight is 427 g/mol. The Morgan fingerprint density at radius 3 is 2.19 bits per heavy atom. The molecule has 5 aliphatic rings. The van der Waals surface area contributed by atoms with Crippen molar-refractivity contribution in [2.24, 2.45) is 63.1 Å². The highest BCUT2D eigenvalue weighted by molar-refractivity contribution is 5.20. The normalized spacial score (nSPS) is 58.5. The number of fused-ring (bicyclic) bond motifs is 7. The Morgan fingerprint density at radius 1 is 0.806 bits per heavy atom. The van der Waals surface area contributed by atoms with E-state index >= 15 is 0 Å². The van der Waals surface area contributed by atoms with Gasteiger partial charge in [0, 0.05) is 0 Å². The van der Waals surface area contributed by atoms with E-state index in [1.807, 2.05) is 0 Å². The van der Waals surface area contributed by atoms with E-state index in [9.17, 15) is 5.11 Å². The van der Waals surface area contributed by atoms with Crippen molar-refractivity contribution in [1.29, 1.82) is 0 Å². The molecule has 11 atom stereocenters. The van der Waals surface area contributed by atoms with Gasteiger partial charge in [0.2, 0.25) is 0 Å². The Balaban J connectivity index is 1.53. The van der Waals surface area contributed by atoms with Gasteiger partial charge in [0.15, 0.2) is 0 Å². The van der Waals surface area contributed by atoms with Crippen LogP contribution >= 0.6 is 0 Å². The van der Waals surface area contributed by atoms with Gasteiger partial charge < -0.3 is 5.11 Å². The molecule has 31 heavy (non-hydrogen) atoms. The van der Waals surface area contributed by atoms with Crippen LogP contribution in [0.2, 0.25) is 0 Å². The molecule has 0 bridgehead atoms. The second kappa shape index (κ2) is 6.86. The molecule has 176 valence electrons. The molecule has 0 saturated heterocycles. The van der Waals surface area contributed by atoms with E-state index in [0.29, 0.717) is 28.1 Å². The van der Waals surface area contributed by atoms with Gasteiger partial charge in [0.25, 0.3) is 0 Å². The third-order valence-corrected chi connectivity index (χ3v) is 13.4.